The number of halogens is 1. The zero-order valence-corrected chi connectivity index (χ0v) is 10.9. The molecule has 0 N–H and O–H groups in total. The van der Waals surface area contributed by atoms with Crippen molar-refractivity contribution >= 4 is 15.9 Å². The van der Waals surface area contributed by atoms with Crippen molar-refractivity contribution < 1.29 is 4.74 Å². The topological polar surface area (TPSA) is 12.5 Å². The predicted molar refractivity (Wildman–Crippen MR) is 64.0 cm³/mol. The average molecular weight is 264 g/mol. The molecule has 2 nitrogen and oxygen atoms in total. The molecule has 14 heavy (non-hydrogen) atoms. The predicted octanol–water partition coefficient (Wildman–Crippen LogP) is 2.52. The lowest BCUT2D eigenvalue weighted by Gasteiger charge is -2.26. The first kappa shape index (κ1) is 12.5. The first-order valence-corrected chi connectivity index (χ1v) is 6.74. The molecule has 3 heteroatoms. The Hall–Kier alpha value is 0.400. The van der Waals surface area contributed by atoms with Gasteiger partial charge in [-0.1, -0.05) is 29.3 Å². The monoisotopic (exact) mass is 263 g/mol. The summed E-state index contributed by atoms with van der Waals surface area (Å²) in [6.07, 6.45) is 3.81. The fourth-order valence-electron chi connectivity index (χ4n) is 2.05. The zero-order chi connectivity index (χ0) is 10.4. The third-order valence-corrected chi connectivity index (χ3v) is 3.91. The van der Waals surface area contributed by atoms with Crippen LogP contribution in [-0.2, 0) is 4.74 Å². The molecule has 84 valence electrons. The summed E-state index contributed by atoms with van der Waals surface area (Å²) in [5.41, 5.74) is 0. The van der Waals surface area contributed by atoms with Crippen LogP contribution in [0.5, 0.6) is 0 Å². The highest BCUT2D eigenvalue weighted by atomic mass is 79.9. The van der Waals surface area contributed by atoms with Crippen LogP contribution in [-0.4, -0.2) is 43.1 Å². The second-order valence-electron chi connectivity index (χ2n) is 4.27. The molecular weight excluding hydrogens is 242 g/mol. The SMILES string of the molecule is CCCC(CBr)CN(C)C1CCOC1. The lowest BCUT2D eigenvalue weighted by Crippen LogP contribution is -2.36. The van der Waals surface area contributed by atoms with Gasteiger partial charge in [-0.25, -0.2) is 0 Å². The molecule has 0 aromatic rings. The molecule has 1 aliphatic heterocycles. The highest BCUT2D eigenvalue weighted by Crippen LogP contribution is 2.16. The lowest BCUT2D eigenvalue weighted by molar-refractivity contribution is 0.150. The van der Waals surface area contributed by atoms with E-state index < -0.39 is 0 Å². The van der Waals surface area contributed by atoms with E-state index in [1.807, 2.05) is 0 Å². The van der Waals surface area contributed by atoms with Crippen LogP contribution < -0.4 is 0 Å². The molecular formula is C11H22BrNO. The van der Waals surface area contributed by atoms with Crippen LogP contribution in [0.3, 0.4) is 0 Å². The number of likely N-dealkylation sites (N-methyl/N-ethyl adjacent to an activating group) is 1. The summed E-state index contributed by atoms with van der Waals surface area (Å²) in [6, 6.07) is 0.661. The van der Waals surface area contributed by atoms with E-state index in [2.05, 4.69) is 34.8 Å². The van der Waals surface area contributed by atoms with Crippen molar-refractivity contribution in [2.75, 3.05) is 32.1 Å². The van der Waals surface area contributed by atoms with Gasteiger partial charge in [0.05, 0.1) is 6.61 Å². The maximum atomic E-state index is 5.40. The maximum Gasteiger partial charge on any atom is 0.0622 e. The number of hydrogen-bond acceptors (Lipinski definition) is 2. The number of ether oxygens (including phenoxy) is 1. The molecule has 1 fully saturated rings. The van der Waals surface area contributed by atoms with Gasteiger partial charge in [0.2, 0.25) is 0 Å². The van der Waals surface area contributed by atoms with Crippen LogP contribution in [0.1, 0.15) is 26.2 Å². The van der Waals surface area contributed by atoms with Crippen molar-refractivity contribution in [3.05, 3.63) is 0 Å². The van der Waals surface area contributed by atoms with E-state index in [-0.39, 0.29) is 0 Å². The molecule has 0 radical (unpaired) electrons. The minimum Gasteiger partial charge on any atom is -0.380 e. The average Bonchev–Trinajstić information content (AvgIpc) is 2.69. The Bertz CT molecular complexity index is 148. The van der Waals surface area contributed by atoms with Crippen molar-refractivity contribution in [1.29, 1.82) is 0 Å². The Morgan fingerprint density at radius 2 is 2.36 bits per heavy atom. The molecule has 0 bridgehead atoms. The number of hydrogen-bond donors (Lipinski definition) is 0. The maximum absolute atomic E-state index is 5.40. The van der Waals surface area contributed by atoms with E-state index in [0.29, 0.717) is 6.04 Å². The fraction of sp³-hybridized carbons (Fsp3) is 1.00. The van der Waals surface area contributed by atoms with E-state index >= 15 is 0 Å². The normalized spacial score (nSPS) is 24.4. The highest BCUT2D eigenvalue weighted by Gasteiger charge is 2.21. The van der Waals surface area contributed by atoms with Crippen molar-refractivity contribution in [3.63, 3.8) is 0 Å². The molecule has 1 rings (SSSR count). The summed E-state index contributed by atoms with van der Waals surface area (Å²) in [5.74, 6) is 0.797. The minimum absolute atomic E-state index is 0.661. The molecule has 1 heterocycles. The van der Waals surface area contributed by atoms with Crippen LogP contribution >= 0.6 is 15.9 Å². The molecule has 1 aliphatic rings. The Morgan fingerprint density at radius 3 is 2.86 bits per heavy atom. The van der Waals surface area contributed by atoms with Crippen LogP contribution in [0, 0.1) is 5.92 Å². The fourth-order valence-corrected chi connectivity index (χ4v) is 2.58. The smallest absolute Gasteiger partial charge is 0.0622 e. The van der Waals surface area contributed by atoms with Gasteiger partial charge in [-0.15, -0.1) is 0 Å². The van der Waals surface area contributed by atoms with E-state index in [1.165, 1.54) is 25.8 Å². The van der Waals surface area contributed by atoms with Gasteiger partial charge in [-0.2, -0.15) is 0 Å². The lowest BCUT2D eigenvalue weighted by atomic mass is 10.0. The second-order valence-corrected chi connectivity index (χ2v) is 4.91. The molecule has 2 atom stereocenters. The summed E-state index contributed by atoms with van der Waals surface area (Å²) in [7, 11) is 2.23. The minimum atomic E-state index is 0.661. The van der Waals surface area contributed by atoms with Crippen LogP contribution in [0.4, 0.5) is 0 Å². The quantitative estimate of drug-likeness (QED) is 0.683. The number of nitrogens with zero attached hydrogens (tertiary/aromatic N) is 1. The molecule has 0 aromatic carbocycles. The Balaban J connectivity index is 2.25. The highest BCUT2D eigenvalue weighted by molar-refractivity contribution is 9.09. The van der Waals surface area contributed by atoms with Crippen LogP contribution in [0.25, 0.3) is 0 Å². The van der Waals surface area contributed by atoms with Gasteiger partial charge in [0.25, 0.3) is 0 Å². The Kier molecular flexibility index (Phi) is 6.06. The van der Waals surface area contributed by atoms with Gasteiger partial charge in [0, 0.05) is 24.5 Å². The van der Waals surface area contributed by atoms with Gasteiger partial charge >= 0.3 is 0 Å². The Morgan fingerprint density at radius 1 is 1.57 bits per heavy atom. The number of rotatable bonds is 6. The first-order chi connectivity index (χ1) is 6.77. The second kappa shape index (κ2) is 6.81. The zero-order valence-electron chi connectivity index (χ0n) is 9.34. The molecule has 0 amide bonds. The van der Waals surface area contributed by atoms with E-state index in [9.17, 15) is 0 Å². The van der Waals surface area contributed by atoms with Crippen molar-refractivity contribution in [1.82, 2.24) is 4.90 Å². The molecule has 2 unspecified atom stereocenters. The van der Waals surface area contributed by atoms with Crippen LogP contribution in [0.15, 0.2) is 0 Å². The van der Waals surface area contributed by atoms with E-state index in [4.69, 9.17) is 4.74 Å². The van der Waals surface area contributed by atoms with Gasteiger partial charge in [-0.3, -0.25) is 0 Å². The van der Waals surface area contributed by atoms with Gasteiger partial charge in [-0.05, 0) is 25.8 Å². The first-order valence-electron chi connectivity index (χ1n) is 5.61. The summed E-state index contributed by atoms with van der Waals surface area (Å²) in [5, 5.41) is 1.12. The molecule has 0 spiro atoms. The summed E-state index contributed by atoms with van der Waals surface area (Å²) in [4.78, 5) is 2.47. The van der Waals surface area contributed by atoms with E-state index in [1.54, 1.807) is 0 Å². The number of alkyl halides is 1. The van der Waals surface area contributed by atoms with Gasteiger partial charge in [0.1, 0.15) is 0 Å². The summed E-state index contributed by atoms with van der Waals surface area (Å²) >= 11 is 3.60. The molecule has 0 aliphatic carbocycles. The largest absolute Gasteiger partial charge is 0.380 e. The summed E-state index contributed by atoms with van der Waals surface area (Å²) < 4.78 is 5.40. The Labute approximate surface area is 96.1 Å². The third-order valence-electron chi connectivity index (χ3n) is 2.99. The van der Waals surface area contributed by atoms with Crippen molar-refractivity contribution in [3.8, 4) is 0 Å². The van der Waals surface area contributed by atoms with Crippen molar-refractivity contribution in [2.24, 2.45) is 5.92 Å². The molecule has 0 saturated carbocycles. The van der Waals surface area contributed by atoms with Crippen molar-refractivity contribution in [2.45, 2.75) is 32.2 Å². The van der Waals surface area contributed by atoms with Gasteiger partial charge < -0.3 is 9.64 Å². The molecule has 0 aromatic heterocycles. The van der Waals surface area contributed by atoms with E-state index in [0.717, 1.165) is 24.5 Å². The standard InChI is InChI=1S/C11H22BrNO/c1-3-4-10(7-12)8-13(2)11-5-6-14-9-11/h10-11H,3-9H2,1-2H3. The van der Waals surface area contributed by atoms with Gasteiger partial charge in [0.15, 0.2) is 0 Å². The molecule has 1 saturated heterocycles. The van der Waals surface area contributed by atoms with Crippen LogP contribution in [0.2, 0.25) is 0 Å². The summed E-state index contributed by atoms with van der Waals surface area (Å²) in [6.45, 7) is 5.33. The third kappa shape index (κ3) is 3.87.